The molecule has 1 aliphatic rings. The van der Waals surface area contributed by atoms with Crippen LogP contribution in [0.3, 0.4) is 0 Å². The van der Waals surface area contributed by atoms with Crippen molar-refractivity contribution >= 4 is 11.9 Å². The Morgan fingerprint density at radius 3 is 2.44 bits per heavy atom. The van der Waals surface area contributed by atoms with Crippen molar-refractivity contribution in [2.24, 2.45) is 0 Å². The Balaban J connectivity index is 1.39. The summed E-state index contributed by atoms with van der Waals surface area (Å²) in [5, 5.41) is 3.43. The molecule has 0 saturated carbocycles. The van der Waals surface area contributed by atoms with Crippen LogP contribution in [-0.4, -0.2) is 53.5 Å². The van der Waals surface area contributed by atoms with E-state index in [0.29, 0.717) is 13.0 Å². The van der Waals surface area contributed by atoms with E-state index < -0.39 is 0 Å². The minimum Gasteiger partial charge on any atom is -0.339 e. The van der Waals surface area contributed by atoms with Crippen LogP contribution in [0.2, 0.25) is 0 Å². The smallest absolute Gasteiger partial charge is 0.225 e. The topological polar surface area (TPSA) is 61.4 Å². The normalized spacial score (nSPS) is 15.9. The highest BCUT2D eigenvalue weighted by Gasteiger charge is 2.22. The number of carbonyl (C=O) groups excluding carboxylic acids is 1. The van der Waals surface area contributed by atoms with Gasteiger partial charge in [-0.3, -0.25) is 4.79 Å². The first kappa shape index (κ1) is 17.4. The Morgan fingerprint density at radius 2 is 1.76 bits per heavy atom. The first-order valence-corrected chi connectivity index (χ1v) is 8.82. The minimum atomic E-state index is 0.210. The molecule has 1 atom stereocenters. The van der Waals surface area contributed by atoms with E-state index in [1.165, 1.54) is 5.56 Å². The summed E-state index contributed by atoms with van der Waals surface area (Å²) in [5.74, 6) is 0.953. The Labute approximate surface area is 148 Å². The van der Waals surface area contributed by atoms with Gasteiger partial charge in [-0.25, -0.2) is 9.97 Å². The van der Waals surface area contributed by atoms with Gasteiger partial charge in [0, 0.05) is 57.6 Å². The zero-order valence-corrected chi connectivity index (χ0v) is 14.6. The number of anilines is 1. The van der Waals surface area contributed by atoms with Crippen molar-refractivity contribution in [2.45, 2.75) is 19.4 Å². The molecule has 2 aromatic rings. The number of hydrogen-bond donors (Lipinski definition) is 1. The van der Waals surface area contributed by atoms with Crippen LogP contribution in [0.4, 0.5) is 5.95 Å². The minimum absolute atomic E-state index is 0.210. The van der Waals surface area contributed by atoms with E-state index in [4.69, 9.17) is 0 Å². The predicted molar refractivity (Wildman–Crippen MR) is 98.3 cm³/mol. The second-order valence-electron chi connectivity index (χ2n) is 6.25. The number of nitrogens with one attached hydrogen (secondary N) is 1. The molecule has 1 unspecified atom stereocenters. The van der Waals surface area contributed by atoms with Crippen LogP contribution in [-0.2, 0) is 4.79 Å². The Bertz CT molecular complexity index is 656. The van der Waals surface area contributed by atoms with E-state index in [9.17, 15) is 4.79 Å². The van der Waals surface area contributed by atoms with Crippen LogP contribution >= 0.6 is 0 Å². The highest BCUT2D eigenvalue weighted by Crippen LogP contribution is 2.12. The maximum atomic E-state index is 12.4. The maximum Gasteiger partial charge on any atom is 0.225 e. The second-order valence-corrected chi connectivity index (χ2v) is 6.25. The molecule has 1 amide bonds. The fourth-order valence-corrected chi connectivity index (χ4v) is 3.02. The van der Waals surface area contributed by atoms with Crippen molar-refractivity contribution < 1.29 is 4.79 Å². The van der Waals surface area contributed by atoms with E-state index in [0.717, 1.165) is 32.1 Å². The summed E-state index contributed by atoms with van der Waals surface area (Å²) in [6, 6.07) is 12.4. The molecule has 3 rings (SSSR count). The SMILES string of the molecule is CC(NCCC(=O)N1CCN(c2ncccn2)CC1)c1ccccc1. The van der Waals surface area contributed by atoms with Crippen LogP contribution in [0, 0.1) is 0 Å². The number of nitrogens with zero attached hydrogens (tertiary/aromatic N) is 4. The predicted octanol–water partition coefficient (Wildman–Crippen LogP) is 1.87. The van der Waals surface area contributed by atoms with Crippen molar-refractivity contribution in [3.05, 3.63) is 54.4 Å². The van der Waals surface area contributed by atoms with E-state index in [1.54, 1.807) is 12.4 Å². The highest BCUT2D eigenvalue weighted by molar-refractivity contribution is 5.76. The van der Waals surface area contributed by atoms with Crippen molar-refractivity contribution in [1.29, 1.82) is 0 Å². The van der Waals surface area contributed by atoms with Gasteiger partial charge in [0.1, 0.15) is 0 Å². The first-order valence-electron chi connectivity index (χ1n) is 8.82. The first-order chi connectivity index (χ1) is 12.2. The lowest BCUT2D eigenvalue weighted by atomic mass is 10.1. The molecule has 1 saturated heterocycles. The third-order valence-corrected chi connectivity index (χ3v) is 4.56. The number of rotatable bonds is 6. The fourth-order valence-electron chi connectivity index (χ4n) is 3.02. The van der Waals surface area contributed by atoms with Crippen LogP contribution in [0.1, 0.15) is 24.9 Å². The van der Waals surface area contributed by atoms with Gasteiger partial charge < -0.3 is 15.1 Å². The summed E-state index contributed by atoms with van der Waals surface area (Å²) in [5.41, 5.74) is 1.24. The molecule has 1 aromatic carbocycles. The molecule has 1 aliphatic heterocycles. The Kier molecular flexibility index (Phi) is 5.95. The summed E-state index contributed by atoms with van der Waals surface area (Å²) < 4.78 is 0. The third-order valence-electron chi connectivity index (χ3n) is 4.56. The monoisotopic (exact) mass is 339 g/mol. The average Bonchev–Trinajstić information content (AvgIpc) is 2.69. The van der Waals surface area contributed by atoms with E-state index in [2.05, 4.69) is 39.2 Å². The molecular weight excluding hydrogens is 314 g/mol. The molecule has 0 radical (unpaired) electrons. The summed E-state index contributed by atoms with van der Waals surface area (Å²) >= 11 is 0. The van der Waals surface area contributed by atoms with Gasteiger partial charge in [-0.1, -0.05) is 30.3 Å². The van der Waals surface area contributed by atoms with Gasteiger partial charge in [-0.05, 0) is 18.6 Å². The zero-order valence-electron chi connectivity index (χ0n) is 14.6. The molecule has 1 fully saturated rings. The molecule has 0 spiro atoms. The lowest BCUT2D eigenvalue weighted by molar-refractivity contribution is -0.131. The van der Waals surface area contributed by atoms with Gasteiger partial charge in [0.25, 0.3) is 0 Å². The number of piperazine rings is 1. The standard InChI is InChI=1S/C19H25N5O/c1-16(17-6-3-2-4-7-17)20-11-8-18(25)23-12-14-24(15-13-23)19-21-9-5-10-22-19/h2-7,9-10,16,20H,8,11-15H2,1H3. The van der Waals surface area contributed by atoms with E-state index in [1.807, 2.05) is 29.2 Å². The molecule has 25 heavy (non-hydrogen) atoms. The van der Waals surface area contributed by atoms with Gasteiger partial charge in [0.15, 0.2) is 0 Å². The number of benzene rings is 1. The lowest BCUT2D eigenvalue weighted by Crippen LogP contribution is -2.49. The third kappa shape index (κ3) is 4.76. The van der Waals surface area contributed by atoms with Gasteiger partial charge in [0.05, 0.1) is 0 Å². The fraction of sp³-hybridized carbons (Fsp3) is 0.421. The maximum absolute atomic E-state index is 12.4. The molecule has 6 heteroatoms. The van der Waals surface area contributed by atoms with E-state index >= 15 is 0 Å². The van der Waals surface area contributed by atoms with Gasteiger partial charge in [0.2, 0.25) is 11.9 Å². The zero-order chi connectivity index (χ0) is 17.5. The number of aromatic nitrogens is 2. The molecule has 2 heterocycles. The van der Waals surface area contributed by atoms with Crippen LogP contribution in [0.15, 0.2) is 48.8 Å². The Hall–Kier alpha value is -2.47. The molecular formula is C19H25N5O. The molecule has 1 aromatic heterocycles. The molecule has 0 bridgehead atoms. The molecule has 0 aliphatic carbocycles. The largest absolute Gasteiger partial charge is 0.339 e. The van der Waals surface area contributed by atoms with Crippen LogP contribution in [0.25, 0.3) is 0 Å². The quantitative estimate of drug-likeness (QED) is 0.870. The van der Waals surface area contributed by atoms with Crippen LogP contribution in [0.5, 0.6) is 0 Å². The van der Waals surface area contributed by atoms with E-state index in [-0.39, 0.29) is 11.9 Å². The van der Waals surface area contributed by atoms with Gasteiger partial charge in [-0.2, -0.15) is 0 Å². The molecule has 1 N–H and O–H groups in total. The highest BCUT2D eigenvalue weighted by atomic mass is 16.2. The number of amides is 1. The summed E-state index contributed by atoms with van der Waals surface area (Å²) in [6.07, 6.45) is 4.03. The average molecular weight is 339 g/mol. The van der Waals surface area contributed by atoms with Crippen LogP contribution < -0.4 is 10.2 Å². The lowest BCUT2D eigenvalue weighted by Gasteiger charge is -2.34. The van der Waals surface area contributed by atoms with Crippen molar-refractivity contribution in [3.8, 4) is 0 Å². The molecule has 132 valence electrons. The van der Waals surface area contributed by atoms with Crippen molar-refractivity contribution in [1.82, 2.24) is 20.2 Å². The number of hydrogen-bond acceptors (Lipinski definition) is 5. The molecule has 6 nitrogen and oxygen atoms in total. The summed E-state index contributed by atoms with van der Waals surface area (Å²) in [6.45, 7) is 5.83. The number of carbonyl (C=O) groups is 1. The van der Waals surface area contributed by atoms with Gasteiger partial charge in [-0.15, -0.1) is 0 Å². The summed E-state index contributed by atoms with van der Waals surface area (Å²) in [7, 11) is 0. The van der Waals surface area contributed by atoms with Gasteiger partial charge >= 0.3 is 0 Å². The Morgan fingerprint density at radius 1 is 1.08 bits per heavy atom. The summed E-state index contributed by atoms with van der Waals surface area (Å²) in [4.78, 5) is 25.0. The van der Waals surface area contributed by atoms with Crippen molar-refractivity contribution in [3.63, 3.8) is 0 Å². The van der Waals surface area contributed by atoms with Crippen molar-refractivity contribution in [2.75, 3.05) is 37.6 Å². The second kappa shape index (κ2) is 8.58.